The second-order valence-electron chi connectivity index (χ2n) is 2.88. The van der Waals surface area contributed by atoms with Gasteiger partial charge in [-0.3, -0.25) is 0 Å². The summed E-state index contributed by atoms with van der Waals surface area (Å²) in [5, 5.41) is 7.85. The van der Waals surface area contributed by atoms with E-state index in [1.165, 1.54) is 0 Å². The molecule has 0 saturated heterocycles. The van der Waals surface area contributed by atoms with Gasteiger partial charge in [0, 0.05) is 0 Å². The van der Waals surface area contributed by atoms with E-state index in [1.807, 2.05) is 31.2 Å². The number of nitrogens with one attached hydrogen (secondary N) is 1. The first-order valence-electron chi connectivity index (χ1n) is 4.01. The van der Waals surface area contributed by atoms with Gasteiger partial charge in [0.25, 0.3) is 0 Å². The van der Waals surface area contributed by atoms with Crippen LogP contribution in [0.4, 0.5) is 0 Å². The maximum Gasteiger partial charge on any atom is -0.870 e. The Morgan fingerprint density at radius 3 is 2.06 bits per heavy atom. The topological polar surface area (TPSA) is 102 Å². The van der Waals surface area contributed by atoms with Crippen LogP contribution in [-0.2, 0) is 0 Å². The predicted octanol–water partition coefficient (Wildman–Crippen LogP) is 0.642. The van der Waals surface area contributed by atoms with E-state index in [1.54, 1.807) is 0 Å². The van der Waals surface area contributed by atoms with Crippen LogP contribution in [0, 0.1) is 6.92 Å². The molecule has 0 aliphatic carbocycles. The minimum atomic E-state index is 0. The fourth-order valence-corrected chi connectivity index (χ4v) is 1.12. The molecule has 0 bridgehead atoms. The molecule has 1 aromatic heterocycles. The van der Waals surface area contributed by atoms with Crippen molar-refractivity contribution in [2.45, 2.75) is 6.92 Å². The summed E-state index contributed by atoms with van der Waals surface area (Å²) in [4.78, 5) is 3.05. The molecule has 0 atom stereocenters. The number of nitrogens with zero attached hydrogens (tertiary/aromatic N) is 2. The molecule has 2 rings (SSSR count). The second-order valence-corrected chi connectivity index (χ2v) is 2.88. The standard InChI is InChI=1S/C9H8BN3.ClH.2H2O/c1-6-11-9(13-12-6)7-2-4-8(10)5-3-7;;;/h2-5H,1H3,(H,11,12,13);1H;2*1H2/q+2;;;/p-2. The fourth-order valence-electron chi connectivity index (χ4n) is 1.12. The van der Waals surface area contributed by atoms with Crippen molar-refractivity contribution in [3.8, 4) is 11.4 Å². The van der Waals surface area contributed by atoms with Gasteiger partial charge in [-0.2, -0.15) is 0 Å². The number of aromatic amines is 1. The number of benzene rings is 1. The molecule has 0 aliphatic rings. The van der Waals surface area contributed by atoms with Crippen molar-refractivity contribution in [3.63, 3.8) is 0 Å². The number of H-pyrrole nitrogens is 1. The van der Waals surface area contributed by atoms with Crippen LogP contribution < -0.4 is 5.46 Å². The quantitative estimate of drug-likeness (QED) is 0.738. The van der Waals surface area contributed by atoms with Crippen LogP contribution in [0.5, 0.6) is 0 Å². The Hall–Kier alpha value is -1.37. The number of hydrogen-bond donors (Lipinski definition) is 1. The van der Waals surface area contributed by atoms with E-state index >= 15 is 0 Å². The molecule has 7 heteroatoms. The maximum absolute atomic E-state index is 5.56. The van der Waals surface area contributed by atoms with Crippen LogP contribution in [0.15, 0.2) is 24.3 Å². The molecule has 0 amide bonds. The SMILES string of the molecule is Cl.[B+2]c1ccc(-c2nnc(C)[nH]2)cc1.[OH-].[OH-]. The first kappa shape index (κ1) is 17.0. The number of aryl methyl sites for hydroxylation is 1. The summed E-state index contributed by atoms with van der Waals surface area (Å²) in [6.45, 7) is 1.87. The summed E-state index contributed by atoms with van der Waals surface area (Å²) < 4.78 is 0. The van der Waals surface area contributed by atoms with Gasteiger partial charge in [0.05, 0.1) is 0 Å². The van der Waals surface area contributed by atoms with Crippen molar-refractivity contribution >= 4 is 25.7 Å². The second kappa shape index (κ2) is 7.00. The maximum atomic E-state index is 5.56. The molecular weight excluding hydrogens is 228 g/mol. The molecule has 0 radical (unpaired) electrons. The third-order valence-corrected chi connectivity index (χ3v) is 1.78. The van der Waals surface area contributed by atoms with Gasteiger partial charge in [0.2, 0.25) is 0 Å². The number of halogens is 1. The van der Waals surface area contributed by atoms with Crippen LogP contribution in [-0.4, -0.2) is 34.0 Å². The van der Waals surface area contributed by atoms with Crippen molar-refractivity contribution in [1.82, 2.24) is 15.2 Å². The molecule has 5 nitrogen and oxygen atoms in total. The van der Waals surface area contributed by atoms with E-state index in [-0.39, 0.29) is 23.4 Å². The van der Waals surface area contributed by atoms with Gasteiger partial charge in [0.1, 0.15) is 0 Å². The molecule has 1 heterocycles. The Balaban J connectivity index is 0. The van der Waals surface area contributed by atoms with Crippen molar-refractivity contribution in [1.29, 1.82) is 0 Å². The first-order valence-corrected chi connectivity index (χ1v) is 4.01. The first-order chi connectivity index (χ1) is 6.25. The Labute approximate surface area is 101 Å². The van der Waals surface area contributed by atoms with Crippen molar-refractivity contribution in [2.24, 2.45) is 0 Å². The summed E-state index contributed by atoms with van der Waals surface area (Å²) in [6.07, 6.45) is 0. The Morgan fingerprint density at radius 1 is 1.06 bits per heavy atom. The molecule has 0 aliphatic heterocycles. The van der Waals surface area contributed by atoms with Crippen molar-refractivity contribution in [3.05, 3.63) is 30.1 Å². The third-order valence-electron chi connectivity index (χ3n) is 1.78. The molecule has 0 unspecified atom stereocenters. The van der Waals surface area contributed by atoms with Gasteiger partial charge >= 0.3 is 76.9 Å². The van der Waals surface area contributed by atoms with Crippen molar-refractivity contribution in [2.75, 3.05) is 0 Å². The number of aromatic nitrogens is 3. The number of rotatable bonds is 1. The third kappa shape index (κ3) is 3.65. The Kier molecular flexibility index (Phi) is 7.46. The van der Waals surface area contributed by atoms with Gasteiger partial charge in [-0.05, 0) is 0 Å². The molecule has 1 aromatic carbocycles. The Bertz CT molecular complexity index is 419. The minimum Gasteiger partial charge on any atom is -0.870 e. The van der Waals surface area contributed by atoms with Crippen LogP contribution >= 0.6 is 12.4 Å². The summed E-state index contributed by atoms with van der Waals surface area (Å²) in [6, 6.07) is 7.50. The summed E-state index contributed by atoms with van der Waals surface area (Å²) in [5.74, 6) is 1.59. The van der Waals surface area contributed by atoms with Crippen LogP contribution in [0.1, 0.15) is 5.82 Å². The van der Waals surface area contributed by atoms with E-state index in [0.29, 0.717) is 0 Å². The molecule has 84 valence electrons. The summed E-state index contributed by atoms with van der Waals surface area (Å²) >= 11 is 0. The molecular formula is C9H11BClN3O2. The monoisotopic (exact) mass is 239 g/mol. The fraction of sp³-hybridized carbons (Fsp3) is 0.111. The normalized spacial score (nSPS) is 8.44. The molecule has 0 fully saturated rings. The van der Waals surface area contributed by atoms with Crippen molar-refractivity contribution < 1.29 is 11.0 Å². The molecule has 0 spiro atoms. The summed E-state index contributed by atoms with van der Waals surface area (Å²) in [7, 11) is 5.56. The Morgan fingerprint density at radius 2 is 1.62 bits per heavy atom. The van der Waals surface area contributed by atoms with Gasteiger partial charge < -0.3 is 11.0 Å². The average Bonchev–Trinajstić information content (AvgIpc) is 2.53. The molecule has 3 N–H and O–H groups in total. The smallest absolute Gasteiger partial charge is 0.870 e. The molecule has 0 saturated carbocycles. The summed E-state index contributed by atoms with van der Waals surface area (Å²) in [5.41, 5.74) is 1.75. The minimum absolute atomic E-state index is 0. The average molecular weight is 239 g/mol. The van der Waals surface area contributed by atoms with Gasteiger partial charge in [-0.15, -0.1) is 12.4 Å². The van der Waals surface area contributed by atoms with Crippen LogP contribution in [0.3, 0.4) is 0 Å². The largest absolute Gasteiger partial charge is 0.870 e. The van der Waals surface area contributed by atoms with Gasteiger partial charge in [-0.1, -0.05) is 0 Å². The zero-order valence-corrected chi connectivity index (χ0v) is 9.40. The van der Waals surface area contributed by atoms with Gasteiger partial charge in [-0.25, -0.2) is 0 Å². The predicted molar refractivity (Wildman–Crippen MR) is 63.1 cm³/mol. The molecule has 16 heavy (non-hydrogen) atoms. The van der Waals surface area contributed by atoms with E-state index in [9.17, 15) is 0 Å². The number of hydrogen-bond acceptors (Lipinski definition) is 4. The van der Waals surface area contributed by atoms with Crippen LogP contribution in [0.2, 0.25) is 0 Å². The zero-order valence-electron chi connectivity index (χ0n) is 8.58. The van der Waals surface area contributed by atoms with E-state index in [4.69, 9.17) is 7.85 Å². The molecule has 2 aromatic rings. The van der Waals surface area contributed by atoms with Crippen LogP contribution in [0.25, 0.3) is 11.4 Å². The van der Waals surface area contributed by atoms with E-state index < -0.39 is 0 Å². The van der Waals surface area contributed by atoms with E-state index in [2.05, 4.69) is 15.2 Å². The van der Waals surface area contributed by atoms with E-state index in [0.717, 1.165) is 22.7 Å². The zero-order chi connectivity index (χ0) is 9.26. The van der Waals surface area contributed by atoms with Gasteiger partial charge in [0.15, 0.2) is 0 Å².